The van der Waals surface area contributed by atoms with Crippen LogP contribution >= 0.6 is 0 Å². The van der Waals surface area contributed by atoms with E-state index in [1.54, 1.807) is 6.07 Å². The molecule has 0 spiro atoms. The van der Waals surface area contributed by atoms with E-state index in [-0.39, 0.29) is 14.4 Å². The highest BCUT2D eigenvalue weighted by Gasteiger charge is 2.33. The number of aromatic nitrogens is 1. The molecule has 0 aliphatic rings. The standard InChI is InChI=1S/C13H13NO7S2/c1-9-8-11(23(18,19)20)14(12(9)13(15)21-2)22(16,17)10-6-4-3-5-7-10/h3-8H,1-2H3,(H,18,19,20). The van der Waals surface area contributed by atoms with E-state index in [4.69, 9.17) is 0 Å². The lowest BCUT2D eigenvalue weighted by atomic mass is 10.3. The molecule has 1 heterocycles. The van der Waals surface area contributed by atoms with Crippen LogP contribution in [0.25, 0.3) is 0 Å². The van der Waals surface area contributed by atoms with Gasteiger partial charge in [0, 0.05) is 0 Å². The molecule has 0 aliphatic carbocycles. The van der Waals surface area contributed by atoms with Crippen LogP contribution in [-0.2, 0) is 24.9 Å². The number of hydrogen-bond donors (Lipinski definition) is 1. The van der Waals surface area contributed by atoms with Crippen molar-refractivity contribution in [3.63, 3.8) is 0 Å². The van der Waals surface area contributed by atoms with E-state index in [1.165, 1.54) is 31.2 Å². The molecule has 1 aromatic heterocycles. The first kappa shape index (κ1) is 17.2. The van der Waals surface area contributed by atoms with Gasteiger partial charge in [0.1, 0.15) is 5.69 Å². The zero-order valence-electron chi connectivity index (χ0n) is 12.1. The molecule has 124 valence electrons. The third-order valence-electron chi connectivity index (χ3n) is 3.04. The molecule has 0 unspecified atom stereocenters. The van der Waals surface area contributed by atoms with Gasteiger partial charge in [-0.15, -0.1) is 0 Å². The summed E-state index contributed by atoms with van der Waals surface area (Å²) in [5.41, 5.74) is -0.465. The Bertz CT molecular complexity index is 957. The van der Waals surface area contributed by atoms with Crippen LogP contribution in [0.15, 0.2) is 46.3 Å². The first-order chi connectivity index (χ1) is 10.6. The average Bonchev–Trinajstić information content (AvgIpc) is 2.85. The first-order valence-electron chi connectivity index (χ1n) is 6.19. The fraction of sp³-hybridized carbons (Fsp3) is 0.154. The Balaban J connectivity index is 2.92. The predicted molar refractivity (Wildman–Crippen MR) is 79.3 cm³/mol. The second-order valence-corrected chi connectivity index (χ2v) is 7.72. The summed E-state index contributed by atoms with van der Waals surface area (Å²) in [4.78, 5) is 11.6. The highest BCUT2D eigenvalue weighted by Crippen LogP contribution is 2.26. The summed E-state index contributed by atoms with van der Waals surface area (Å²) in [6.45, 7) is 1.33. The number of hydrogen-bond acceptors (Lipinski definition) is 6. The number of aryl methyl sites for hydroxylation is 1. The molecular weight excluding hydrogens is 346 g/mol. The lowest BCUT2D eigenvalue weighted by Gasteiger charge is -2.12. The van der Waals surface area contributed by atoms with Crippen molar-refractivity contribution in [1.29, 1.82) is 0 Å². The van der Waals surface area contributed by atoms with Crippen LogP contribution in [0.5, 0.6) is 0 Å². The van der Waals surface area contributed by atoms with Gasteiger partial charge >= 0.3 is 16.1 Å². The molecule has 0 amide bonds. The van der Waals surface area contributed by atoms with E-state index in [9.17, 15) is 26.2 Å². The fourth-order valence-corrected chi connectivity index (χ4v) is 4.70. The topological polar surface area (TPSA) is 120 Å². The zero-order valence-corrected chi connectivity index (χ0v) is 13.8. The third-order valence-corrected chi connectivity index (χ3v) is 5.71. The van der Waals surface area contributed by atoms with E-state index in [1.807, 2.05) is 0 Å². The van der Waals surface area contributed by atoms with E-state index in [0.717, 1.165) is 13.2 Å². The Hall–Kier alpha value is -2.17. The molecule has 1 aromatic carbocycles. The van der Waals surface area contributed by atoms with Crippen LogP contribution in [0, 0.1) is 6.92 Å². The molecule has 0 aliphatic heterocycles. The van der Waals surface area contributed by atoms with Crippen molar-refractivity contribution in [2.75, 3.05) is 7.11 Å². The van der Waals surface area contributed by atoms with Gasteiger partial charge in [0.05, 0.1) is 12.0 Å². The van der Waals surface area contributed by atoms with Gasteiger partial charge in [-0.25, -0.2) is 17.2 Å². The second kappa shape index (κ2) is 5.80. The normalized spacial score (nSPS) is 12.1. The minimum Gasteiger partial charge on any atom is -0.464 e. The Kier molecular flexibility index (Phi) is 4.33. The molecule has 10 heteroatoms. The van der Waals surface area contributed by atoms with Crippen LogP contribution in [0.2, 0.25) is 0 Å². The highest BCUT2D eigenvalue weighted by molar-refractivity contribution is 7.91. The molecule has 23 heavy (non-hydrogen) atoms. The van der Waals surface area contributed by atoms with Crippen LogP contribution in [0.3, 0.4) is 0 Å². The van der Waals surface area contributed by atoms with E-state index in [0.29, 0.717) is 0 Å². The molecule has 0 bridgehead atoms. The predicted octanol–water partition coefficient (Wildman–Crippen LogP) is 1.07. The fourth-order valence-electron chi connectivity index (χ4n) is 2.04. The number of benzene rings is 1. The number of methoxy groups -OCH3 is 1. The van der Waals surface area contributed by atoms with Crippen LogP contribution in [0.4, 0.5) is 0 Å². The summed E-state index contributed by atoms with van der Waals surface area (Å²) in [6.07, 6.45) is 0. The monoisotopic (exact) mass is 359 g/mol. The maximum absolute atomic E-state index is 12.7. The number of nitrogens with zero attached hydrogens (tertiary/aromatic N) is 1. The number of rotatable bonds is 4. The molecule has 0 atom stereocenters. The molecule has 2 rings (SSSR count). The Morgan fingerprint density at radius 1 is 1.13 bits per heavy atom. The maximum atomic E-state index is 12.7. The molecule has 0 saturated carbocycles. The number of esters is 1. The zero-order chi connectivity index (χ0) is 17.4. The van der Waals surface area contributed by atoms with Crippen molar-refractivity contribution >= 4 is 26.1 Å². The molecular formula is C13H13NO7S2. The van der Waals surface area contributed by atoms with Gasteiger partial charge < -0.3 is 4.74 Å². The lowest BCUT2D eigenvalue weighted by molar-refractivity contribution is 0.0591. The van der Waals surface area contributed by atoms with Gasteiger partial charge in [0.2, 0.25) is 0 Å². The van der Waals surface area contributed by atoms with Crippen LogP contribution in [0.1, 0.15) is 16.1 Å². The first-order valence-corrected chi connectivity index (χ1v) is 9.07. The number of carbonyl (C=O) groups is 1. The van der Waals surface area contributed by atoms with E-state index in [2.05, 4.69) is 4.74 Å². The number of carbonyl (C=O) groups excluding carboxylic acids is 1. The van der Waals surface area contributed by atoms with Gasteiger partial charge in [-0.3, -0.25) is 4.55 Å². The Labute approximate surface area is 133 Å². The molecule has 2 aromatic rings. The number of ether oxygens (including phenoxy) is 1. The van der Waals surface area contributed by atoms with Gasteiger partial charge in [-0.2, -0.15) is 8.42 Å². The summed E-state index contributed by atoms with van der Waals surface area (Å²) in [5.74, 6) is -1.04. The molecule has 0 radical (unpaired) electrons. The second-order valence-electron chi connectivity index (χ2n) is 4.56. The summed E-state index contributed by atoms with van der Waals surface area (Å²) in [7, 11) is -8.30. The summed E-state index contributed by atoms with van der Waals surface area (Å²) >= 11 is 0. The Morgan fingerprint density at radius 3 is 2.17 bits per heavy atom. The van der Waals surface area contributed by atoms with Crippen molar-refractivity contribution in [2.24, 2.45) is 0 Å². The van der Waals surface area contributed by atoms with Crippen molar-refractivity contribution in [3.05, 3.63) is 47.7 Å². The van der Waals surface area contributed by atoms with Crippen molar-refractivity contribution in [1.82, 2.24) is 3.97 Å². The van der Waals surface area contributed by atoms with Gasteiger partial charge in [-0.1, -0.05) is 18.2 Å². The van der Waals surface area contributed by atoms with Crippen LogP contribution < -0.4 is 0 Å². The van der Waals surface area contributed by atoms with Gasteiger partial charge in [0.15, 0.2) is 5.03 Å². The average molecular weight is 359 g/mol. The van der Waals surface area contributed by atoms with Gasteiger partial charge in [-0.05, 0) is 30.7 Å². The molecule has 0 saturated heterocycles. The SMILES string of the molecule is COC(=O)c1c(C)cc(S(=O)(=O)O)n1S(=O)(=O)c1ccccc1. The minimum atomic E-state index is -4.89. The lowest BCUT2D eigenvalue weighted by Crippen LogP contribution is -2.23. The minimum absolute atomic E-state index is 0.0315. The summed E-state index contributed by atoms with van der Waals surface area (Å²) < 4.78 is 62.6. The van der Waals surface area contributed by atoms with E-state index >= 15 is 0 Å². The molecule has 8 nitrogen and oxygen atoms in total. The highest BCUT2D eigenvalue weighted by atomic mass is 32.2. The smallest absolute Gasteiger partial charge is 0.356 e. The summed E-state index contributed by atoms with van der Waals surface area (Å²) in [5, 5.41) is -0.931. The van der Waals surface area contributed by atoms with Crippen molar-refractivity contribution in [2.45, 2.75) is 16.8 Å². The van der Waals surface area contributed by atoms with Gasteiger partial charge in [0.25, 0.3) is 10.0 Å². The molecule has 1 N–H and O–H groups in total. The van der Waals surface area contributed by atoms with E-state index < -0.39 is 36.8 Å². The summed E-state index contributed by atoms with van der Waals surface area (Å²) in [6, 6.07) is 7.81. The Morgan fingerprint density at radius 2 is 1.70 bits per heavy atom. The molecule has 0 fully saturated rings. The van der Waals surface area contributed by atoms with Crippen molar-refractivity contribution < 1.29 is 30.9 Å². The quantitative estimate of drug-likeness (QED) is 0.640. The maximum Gasteiger partial charge on any atom is 0.356 e. The van der Waals surface area contributed by atoms with Crippen LogP contribution in [-0.4, -0.2) is 38.4 Å². The third kappa shape index (κ3) is 3.00. The largest absolute Gasteiger partial charge is 0.464 e. The van der Waals surface area contributed by atoms with Crippen molar-refractivity contribution in [3.8, 4) is 0 Å².